The molecule has 4 N–H and O–H groups in total. The fourth-order valence-corrected chi connectivity index (χ4v) is 6.56. The van der Waals surface area contributed by atoms with Crippen molar-refractivity contribution in [3.8, 4) is 0 Å². The van der Waals surface area contributed by atoms with Gasteiger partial charge < -0.3 is 24.2 Å². The highest BCUT2D eigenvalue weighted by molar-refractivity contribution is 7.61. The van der Waals surface area contributed by atoms with Crippen LogP contribution in [-0.4, -0.2) is 81.9 Å². The molecule has 240 valence electrons. The predicted molar refractivity (Wildman–Crippen MR) is 151 cm³/mol. The predicted octanol–water partition coefficient (Wildman–Crippen LogP) is -1.28. The zero-order valence-electron chi connectivity index (χ0n) is 24.4. The van der Waals surface area contributed by atoms with Crippen LogP contribution in [0.1, 0.15) is 56.3 Å². The lowest BCUT2D eigenvalue weighted by atomic mass is 10.2. The summed E-state index contributed by atoms with van der Waals surface area (Å²) < 4.78 is 41.6. The molecule has 0 aliphatic carbocycles. The molecular weight excluding hydrogens is 605 g/mol. The Kier molecular flexibility index (Phi) is 9.04. The number of nitrogens with one attached hydrogen (secondary N) is 2. The molecule has 18 nitrogen and oxygen atoms in total. The first-order chi connectivity index (χ1) is 20.8. The SMILES string of the molecule is Cc1cn([C@H]2CC(O)[C@@H](COP(=O)(OC3C[C@H](n4cc(C)c(=O)[nH]c4=O)O[C@@H]3CO)c3cn(C(C)C)nn3)O2)c(=O)[nH]c1=O. The second kappa shape index (κ2) is 12.5. The maximum Gasteiger partial charge on any atom is 0.383 e. The van der Waals surface area contributed by atoms with Gasteiger partial charge in [-0.15, -0.1) is 5.10 Å². The van der Waals surface area contributed by atoms with Gasteiger partial charge in [0.2, 0.25) is 0 Å². The third-order valence-electron chi connectivity index (χ3n) is 7.47. The third-order valence-corrected chi connectivity index (χ3v) is 9.27. The summed E-state index contributed by atoms with van der Waals surface area (Å²) in [5, 5.41) is 28.7. The molecule has 0 radical (unpaired) electrons. The molecule has 7 atom stereocenters. The summed E-state index contributed by atoms with van der Waals surface area (Å²) in [5.74, 6) is 0. The van der Waals surface area contributed by atoms with Gasteiger partial charge in [0, 0.05) is 42.4 Å². The van der Waals surface area contributed by atoms with Crippen molar-refractivity contribution >= 4 is 13.0 Å². The summed E-state index contributed by atoms with van der Waals surface area (Å²) >= 11 is 0. The Morgan fingerprint density at radius 2 is 1.55 bits per heavy atom. The fourth-order valence-electron chi connectivity index (χ4n) is 4.93. The van der Waals surface area contributed by atoms with Gasteiger partial charge in [-0.2, -0.15) is 0 Å². The highest BCUT2D eigenvalue weighted by atomic mass is 31.2. The fraction of sp³-hybridized carbons (Fsp3) is 0.600. The average molecular weight is 640 g/mol. The van der Waals surface area contributed by atoms with Crippen LogP contribution < -0.4 is 27.9 Å². The Balaban J connectivity index is 1.38. The molecule has 0 spiro atoms. The van der Waals surface area contributed by atoms with E-state index in [1.165, 1.54) is 37.1 Å². The quantitative estimate of drug-likeness (QED) is 0.190. The van der Waals surface area contributed by atoms with Gasteiger partial charge in [0.15, 0.2) is 5.44 Å². The van der Waals surface area contributed by atoms with E-state index in [0.717, 1.165) is 9.13 Å². The summed E-state index contributed by atoms with van der Waals surface area (Å²) in [6.45, 7) is 5.67. The van der Waals surface area contributed by atoms with Crippen molar-refractivity contribution in [3.05, 3.63) is 71.4 Å². The Bertz CT molecular complexity index is 1790. The lowest BCUT2D eigenvalue weighted by Gasteiger charge is -2.24. The lowest BCUT2D eigenvalue weighted by molar-refractivity contribution is -0.0517. The molecule has 2 aliphatic rings. The van der Waals surface area contributed by atoms with Crippen molar-refractivity contribution in [3.63, 3.8) is 0 Å². The topological polar surface area (TPSA) is 235 Å². The first kappa shape index (κ1) is 31.9. The van der Waals surface area contributed by atoms with E-state index in [1.54, 1.807) is 0 Å². The van der Waals surface area contributed by atoms with Crippen molar-refractivity contribution in [2.24, 2.45) is 0 Å². The van der Waals surface area contributed by atoms with Crippen LogP contribution >= 0.6 is 7.60 Å². The number of ether oxygens (including phenoxy) is 2. The van der Waals surface area contributed by atoms with E-state index in [-0.39, 0.29) is 35.4 Å². The molecule has 0 aromatic carbocycles. The van der Waals surface area contributed by atoms with Crippen molar-refractivity contribution in [2.75, 3.05) is 13.2 Å². The van der Waals surface area contributed by atoms with E-state index in [2.05, 4.69) is 20.3 Å². The molecular formula is C25H34N7O11P. The number of hydrogen-bond donors (Lipinski definition) is 4. The Labute approximate surface area is 248 Å². The van der Waals surface area contributed by atoms with E-state index in [0.29, 0.717) is 0 Å². The molecule has 5 rings (SSSR count). The lowest BCUT2D eigenvalue weighted by Crippen LogP contribution is -2.33. The minimum atomic E-state index is -4.37. The molecule has 0 saturated carbocycles. The van der Waals surface area contributed by atoms with Gasteiger partial charge in [-0.25, -0.2) is 14.3 Å². The monoisotopic (exact) mass is 639 g/mol. The summed E-state index contributed by atoms with van der Waals surface area (Å²) in [6.07, 6.45) is -2.26. The Hall–Kier alpha value is -3.51. The normalized spacial score (nSPS) is 26.8. The van der Waals surface area contributed by atoms with Crippen molar-refractivity contribution in [2.45, 2.75) is 83.5 Å². The Morgan fingerprint density at radius 1 is 0.977 bits per heavy atom. The summed E-state index contributed by atoms with van der Waals surface area (Å²) in [7, 11) is -4.37. The second-order valence-electron chi connectivity index (χ2n) is 11.0. The largest absolute Gasteiger partial charge is 0.394 e. The molecule has 3 aromatic rings. The number of hydrogen-bond acceptors (Lipinski definition) is 13. The van der Waals surface area contributed by atoms with Crippen LogP contribution in [0.2, 0.25) is 0 Å². The van der Waals surface area contributed by atoms with Gasteiger partial charge in [0.25, 0.3) is 11.1 Å². The van der Waals surface area contributed by atoms with Crippen molar-refractivity contribution in [1.29, 1.82) is 0 Å². The van der Waals surface area contributed by atoms with Crippen LogP contribution in [0.5, 0.6) is 0 Å². The highest BCUT2D eigenvalue weighted by Gasteiger charge is 2.45. The van der Waals surface area contributed by atoms with Gasteiger partial charge in [0.05, 0.1) is 25.5 Å². The minimum Gasteiger partial charge on any atom is -0.394 e. The molecule has 0 amide bonds. The molecule has 2 fully saturated rings. The average Bonchev–Trinajstić information content (AvgIpc) is 3.70. The summed E-state index contributed by atoms with van der Waals surface area (Å²) in [4.78, 5) is 52.8. The standard InChI is InChI=1S/C25H34N7O11P/c1-12(2)32-9-19(28-29-32)44(39,40-11-18-15(34)5-20(42-18)30-7-13(3)22(35)26-24(30)37)43-16-6-21(41-17(16)10-33)31-8-14(4)23(36)27-25(31)38/h7-9,12,15-18,20-21,33-34H,5-6,10-11H2,1-4H3,(H,26,35,37)(H,27,36,38)/t15?,16?,17-,18-,20-,21-,44?/m1/s1. The van der Waals surface area contributed by atoms with Crippen LogP contribution in [0.4, 0.5) is 0 Å². The number of aliphatic hydroxyl groups is 2. The molecule has 19 heteroatoms. The van der Waals surface area contributed by atoms with Crippen molar-refractivity contribution in [1.82, 2.24) is 34.1 Å². The number of aryl methyl sites for hydroxylation is 2. The van der Waals surface area contributed by atoms with Crippen molar-refractivity contribution < 1.29 is 33.3 Å². The molecule has 44 heavy (non-hydrogen) atoms. The number of aliphatic hydroxyl groups excluding tert-OH is 2. The number of nitrogens with zero attached hydrogens (tertiary/aromatic N) is 5. The third kappa shape index (κ3) is 6.32. The van der Waals surface area contributed by atoms with Gasteiger partial charge in [-0.05, 0) is 27.7 Å². The first-order valence-electron chi connectivity index (χ1n) is 13.9. The summed E-state index contributed by atoms with van der Waals surface area (Å²) in [5.41, 5.74) is -2.19. The number of aromatic nitrogens is 7. The number of rotatable bonds is 10. The van der Waals surface area contributed by atoms with Gasteiger partial charge >= 0.3 is 19.0 Å². The molecule has 2 aliphatic heterocycles. The number of H-pyrrole nitrogens is 2. The molecule has 0 bridgehead atoms. The van der Waals surface area contributed by atoms with E-state index in [9.17, 15) is 34.0 Å². The van der Waals surface area contributed by atoms with Crippen LogP contribution in [-0.2, 0) is 23.1 Å². The van der Waals surface area contributed by atoms with Gasteiger partial charge in [-0.1, -0.05) is 5.21 Å². The molecule has 5 heterocycles. The van der Waals surface area contributed by atoms with Gasteiger partial charge in [-0.3, -0.25) is 37.8 Å². The smallest absolute Gasteiger partial charge is 0.383 e. The number of aromatic amines is 2. The van der Waals surface area contributed by atoms with Crippen LogP contribution in [0, 0.1) is 13.8 Å². The molecule has 3 unspecified atom stereocenters. The summed E-state index contributed by atoms with van der Waals surface area (Å²) in [6, 6.07) is -0.149. The zero-order chi connectivity index (χ0) is 31.9. The Morgan fingerprint density at radius 3 is 2.09 bits per heavy atom. The maximum atomic E-state index is 14.4. The first-order valence-corrected chi connectivity index (χ1v) is 15.4. The minimum absolute atomic E-state index is 0.0217. The van der Waals surface area contributed by atoms with Crippen LogP contribution in [0.15, 0.2) is 37.8 Å². The van der Waals surface area contributed by atoms with E-state index >= 15 is 0 Å². The second-order valence-corrected chi connectivity index (χ2v) is 12.9. The van der Waals surface area contributed by atoms with Gasteiger partial charge in [0.1, 0.15) is 30.8 Å². The van der Waals surface area contributed by atoms with E-state index in [4.69, 9.17) is 18.5 Å². The van der Waals surface area contributed by atoms with Crippen LogP contribution in [0.3, 0.4) is 0 Å². The molecule has 2 saturated heterocycles. The van der Waals surface area contributed by atoms with Crippen LogP contribution in [0.25, 0.3) is 0 Å². The highest BCUT2D eigenvalue weighted by Crippen LogP contribution is 2.51. The maximum absolute atomic E-state index is 14.4. The zero-order valence-corrected chi connectivity index (χ0v) is 25.2. The van der Waals surface area contributed by atoms with E-state index in [1.807, 2.05) is 13.8 Å². The molecule has 3 aromatic heterocycles. The van der Waals surface area contributed by atoms with E-state index < -0.39 is 80.2 Å².